The molecule has 1 aliphatic heterocycles. The van der Waals surface area contributed by atoms with Crippen molar-refractivity contribution < 1.29 is 4.79 Å². The highest BCUT2D eigenvalue weighted by molar-refractivity contribution is 5.94. The molecule has 3 aromatic carbocycles. The van der Waals surface area contributed by atoms with Gasteiger partial charge in [0.1, 0.15) is 0 Å². The zero-order valence-corrected chi connectivity index (χ0v) is 20.4. The number of nitrogens with zero attached hydrogens (tertiary/aromatic N) is 2. The third-order valence-electron chi connectivity index (χ3n) is 7.36. The molecule has 0 radical (unpaired) electrons. The Balaban J connectivity index is 0.000000398. The van der Waals surface area contributed by atoms with Gasteiger partial charge >= 0.3 is 0 Å². The fraction of sp³-hybridized carbons (Fsp3) is 0.387. The molecule has 1 heterocycles. The predicted molar refractivity (Wildman–Crippen MR) is 141 cm³/mol. The van der Waals surface area contributed by atoms with Gasteiger partial charge in [-0.1, -0.05) is 84.9 Å². The molecule has 34 heavy (non-hydrogen) atoms. The van der Waals surface area contributed by atoms with Crippen LogP contribution in [0.5, 0.6) is 0 Å². The number of carbonyl (C=O) groups excluding carboxylic acids is 1. The van der Waals surface area contributed by atoms with E-state index in [-0.39, 0.29) is 5.91 Å². The van der Waals surface area contributed by atoms with Gasteiger partial charge in [-0.2, -0.15) is 0 Å². The molecule has 3 nitrogen and oxygen atoms in total. The van der Waals surface area contributed by atoms with E-state index in [4.69, 9.17) is 0 Å². The maximum Gasteiger partial charge on any atom is 0.253 e. The van der Waals surface area contributed by atoms with Gasteiger partial charge in [0, 0.05) is 31.7 Å². The molecular formula is C31H38N2O. The maximum atomic E-state index is 12.7. The van der Waals surface area contributed by atoms with E-state index >= 15 is 0 Å². The number of hydrogen-bond donors (Lipinski definition) is 0. The standard InChI is InChI=1S/C25H32N2O.C6H6/c1-26(25(28)22-11-6-3-7-12-22)24-15-14-20(17-24)18-27-16-8-13-23(19-27)21-9-4-2-5-10-21;1-2-4-6-5-3-1/h2-7,9-12,20,23-24H,8,13-19H2,1H3;1-6H. The van der Waals surface area contributed by atoms with Crippen molar-refractivity contribution >= 4 is 5.91 Å². The number of likely N-dealkylation sites (tertiary alicyclic amines) is 1. The lowest BCUT2D eigenvalue weighted by Crippen LogP contribution is -2.38. The molecule has 0 aromatic heterocycles. The number of piperidine rings is 1. The quantitative estimate of drug-likeness (QED) is 0.440. The molecule has 3 aromatic rings. The topological polar surface area (TPSA) is 23.6 Å². The number of benzene rings is 3. The van der Waals surface area contributed by atoms with Crippen LogP contribution in [0.2, 0.25) is 0 Å². The first-order chi connectivity index (χ1) is 16.7. The summed E-state index contributed by atoms with van der Waals surface area (Å²) in [5.41, 5.74) is 2.29. The minimum absolute atomic E-state index is 0.161. The molecule has 3 heteroatoms. The van der Waals surface area contributed by atoms with E-state index < -0.39 is 0 Å². The number of rotatable bonds is 5. The second-order valence-electron chi connectivity index (χ2n) is 9.78. The van der Waals surface area contributed by atoms with E-state index in [9.17, 15) is 4.79 Å². The van der Waals surface area contributed by atoms with E-state index in [2.05, 4.69) is 35.2 Å². The van der Waals surface area contributed by atoms with Crippen molar-refractivity contribution in [2.75, 3.05) is 26.7 Å². The Labute approximate surface area is 205 Å². The van der Waals surface area contributed by atoms with E-state index in [1.165, 1.54) is 44.5 Å². The molecule has 2 fully saturated rings. The summed E-state index contributed by atoms with van der Waals surface area (Å²) >= 11 is 0. The van der Waals surface area contributed by atoms with E-state index in [0.29, 0.717) is 17.9 Å². The Kier molecular flexibility index (Phi) is 8.92. The minimum Gasteiger partial charge on any atom is -0.339 e. The average Bonchev–Trinajstić information content (AvgIpc) is 3.39. The second-order valence-corrected chi connectivity index (χ2v) is 9.78. The van der Waals surface area contributed by atoms with Crippen molar-refractivity contribution in [1.29, 1.82) is 0 Å². The van der Waals surface area contributed by atoms with Crippen LogP contribution in [0.25, 0.3) is 0 Å². The van der Waals surface area contributed by atoms with Gasteiger partial charge in [-0.05, 0) is 68.2 Å². The first-order valence-corrected chi connectivity index (χ1v) is 12.8. The van der Waals surface area contributed by atoms with Crippen LogP contribution >= 0.6 is 0 Å². The summed E-state index contributed by atoms with van der Waals surface area (Å²) in [6.07, 6.45) is 6.12. The van der Waals surface area contributed by atoms with E-state index in [1.807, 2.05) is 78.7 Å². The summed E-state index contributed by atoms with van der Waals surface area (Å²) in [6, 6.07) is 33.1. The first-order valence-electron chi connectivity index (χ1n) is 12.8. The monoisotopic (exact) mass is 454 g/mol. The van der Waals surface area contributed by atoms with Crippen LogP contribution in [0.1, 0.15) is 53.9 Å². The number of amides is 1. The Morgan fingerprint density at radius 3 is 2.06 bits per heavy atom. The van der Waals surface area contributed by atoms with Gasteiger partial charge in [-0.25, -0.2) is 0 Å². The maximum absolute atomic E-state index is 12.7. The summed E-state index contributed by atoms with van der Waals surface area (Å²) in [6.45, 7) is 3.60. The van der Waals surface area contributed by atoms with Crippen molar-refractivity contribution in [3.63, 3.8) is 0 Å². The van der Waals surface area contributed by atoms with Gasteiger partial charge < -0.3 is 9.80 Å². The largest absolute Gasteiger partial charge is 0.339 e. The molecule has 0 spiro atoms. The number of carbonyl (C=O) groups is 1. The molecule has 178 valence electrons. The van der Waals surface area contributed by atoms with Crippen LogP contribution in [0.4, 0.5) is 0 Å². The average molecular weight is 455 g/mol. The third-order valence-corrected chi connectivity index (χ3v) is 7.36. The lowest BCUT2D eigenvalue weighted by Gasteiger charge is -2.34. The first kappa shape index (κ1) is 24.2. The van der Waals surface area contributed by atoms with Crippen LogP contribution in [0.3, 0.4) is 0 Å². The smallest absolute Gasteiger partial charge is 0.253 e. The highest BCUT2D eigenvalue weighted by Crippen LogP contribution is 2.33. The molecule has 2 aliphatic rings. The fourth-order valence-electron chi connectivity index (χ4n) is 5.49. The zero-order chi connectivity index (χ0) is 23.6. The normalized spacial score (nSPS) is 22.4. The second kappa shape index (κ2) is 12.5. The summed E-state index contributed by atoms with van der Waals surface area (Å²) in [5, 5.41) is 0. The van der Waals surface area contributed by atoms with Gasteiger partial charge in [0.05, 0.1) is 0 Å². The van der Waals surface area contributed by atoms with Crippen molar-refractivity contribution in [1.82, 2.24) is 9.80 Å². The Bertz CT molecular complexity index is 949. The van der Waals surface area contributed by atoms with Crippen molar-refractivity contribution in [3.05, 3.63) is 108 Å². The van der Waals surface area contributed by atoms with Crippen molar-refractivity contribution in [2.45, 2.75) is 44.1 Å². The predicted octanol–water partition coefficient (Wildman–Crippen LogP) is 6.49. The van der Waals surface area contributed by atoms with Crippen molar-refractivity contribution in [3.8, 4) is 0 Å². The SMILES string of the molecule is CN(C(=O)c1ccccc1)C1CCC(CN2CCCC(c3ccccc3)C2)C1.c1ccccc1. The third kappa shape index (κ3) is 6.80. The Hall–Kier alpha value is -2.91. The summed E-state index contributed by atoms with van der Waals surface area (Å²) in [5.74, 6) is 1.55. The van der Waals surface area contributed by atoms with Gasteiger partial charge in [0.25, 0.3) is 5.91 Å². The van der Waals surface area contributed by atoms with Gasteiger partial charge in [0.15, 0.2) is 0 Å². The molecule has 3 atom stereocenters. The lowest BCUT2D eigenvalue weighted by molar-refractivity contribution is 0.0729. The van der Waals surface area contributed by atoms with Gasteiger partial charge in [-0.3, -0.25) is 4.79 Å². The molecule has 5 rings (SSSR count). The highest BCUT2D eigenvalue weighted by Gasteiger charge is 2.32. The molecule has 3 unspecified atom stereocenters. The van der Waals surface area contributed by atoms with Crippen LogP contribution in [-0.2, 0) is 0 Å². The van der Waals surface area contributed by atoms with Crippen LogP contribution in [0.15, 0.2) is 97.1 Å². The van der Waals surface area contributed by atoms with Crippen LogP contribution in [-0.4, -0.2) is 48.4 Å². The van der Waals surface area contributed by atoms with Crippen molar-refractivity contribution in [2.24, 2.45) is 5.92 Å². The van der Waals surface area contributed by atoms with Gasteiger partial charge in [-0.15, -0.1) is 0 Å². The molecule has 1 amide bonds. The summed E-state index contributed by atoms with van der Waals surface area (Å²) < 4.78 is 0. The molecule has 1 aliphatic carbocycles. The summed E-state index contributed by atoms with van der Waals surface area (Å²) in [7, 11) is 1.98. The molecule has 1 saturated carbocycles. The number of hydrogen-bond acceptors (Lipinski definition) is 2. The zero-order valence-electron chi connectivity index (χ0n) is 20.4. The van der Waals surface area contributed by atoms with E-state index in [0.717, 1.165) is 18.4 Å². The molecular weight excluding hydrogens is 416 g/mol. The Morgan fingerprint density at radius 1 is 0.824 bits per heavy atom. The van der Waals surface area contributed by atoms with Crippen LogP contribution in [0, 0.1) is 5.92 Å². The van der Waals surface area contributed by atoms with Crippen LogP contribution < -0.4 is 0 Å². The fourth-order valence-corrected chi connectivity index (χ4v) is 5.49. The van der Waals surface area contributed by atoms with Gasteiger partial charge in [0.2, 0.25) is 0 Å². The Morgan fingerprint density at radius 2 is 1.41 bits per heavy atom. The molecule has 0 bridgehead atoms. The van der Waals surface area contributed by atoms with E-state index in [1.54, 1.807) is 0 Å². The molecule has 1 saturated heterocycles. The summed E-state index contributed by atoms with van der Waals surface area (Å²) in [4.78, 5) is 17.4. The molecule has 0 N–H and O–H groups in total. The highest BCUT2D eigenvalue weighted by atomic mass is 16.2. The minimum atomic E-state index is 0.161. The lowest BCUT2D eigenvalue weighted by atomic mass is 9.90.